The summed E-state index contributed by atoms with van der Waals surface area (Å²) in [7, 11) is 2.08. The van der Waals surface area contributed by atoms with Crippen LogP contribution in [0.4, 0.5) is 0 Å². The van der Waals surface area contributed by atoms with E-state index in [4.69, 9.17) is 10.1 Å². The molecule has 0 aromatic carbocycles. The molecule has 0 spiro atoms. The van der Waals surface area contributed by atoms with E-state index in [0.717, 1.165) is 14.2 Å². The van der Waals surface area contributed by atoms with Crippen LogP contribution in [0.3, 0.4) is 0 Å². The van der Waals surface area contributed by atoms with Gasteiger partial charge in [-0.05, 0) is 40.0 Å². The molecule has 0 aliphatic carbocycles. The van der Waals surface area contributed by atoms with Crippen molar-refractivity contribution in [2.24, 2.45) is 5.92 Å². The zero-order valence-electron chi connectivity index (χ0n) is 15.1. The fourth-order valence-corrected chi connectivity index (χ4v) is 2.06. The lowest BCUT2D eigenvalue weighted by atomic mass is 9.88. The van der Waals surface area contributed by atoms with E-state index in [1.54, 1.807) is 27.7 Å². The highest BCUT2D eigenvalue weighted by Crippen LogP contribution is 2.23. The van der Waals surface area contributed by atoms with E-state index in [1.807, 2.05) is 0 Å². The van der Waals surface area contributed by atoms with Gasteiger partial charge in [0.25, 0.3) is 5.60 Å². The smallest absolute Gasteiger partial charge is 0.352 e. The van der Waals surface area contributed by atoms with E-state index < -0.39 is 35.0 Å². The first-order valence-electron chi connectivity index (χ1n) is 7.63. The van der Waals surface area contributed by atoms with Crippen molar-refractivity contribution in [1.29, 1.82) is 5.41 Å². The van der Waals surface area contributed by atoms with Crippen molar-refractivity contribution >= 4 is 23.6 Å². The maximum absolute atomic E-state index is 12.0. The molecular formula is C16H27NO7. The number of methoxy groups -OCH3 is 2. The molecule has 0 saturated carbocycles. The van der Waals surface area contributed by atoms with E-state index in [-0.39, 0.29) is 18.6 Å². The molecule has 138 valence electrons. The number of nitrogens with one attached hydrogen (secondary N) is 1. The molecule has 0 amide bonds. The minimum absolute atomic E-state index is 0.0370. The minimum Gasteiger partial charge on any atom is -0.466 e. The Kier molecular flexibility index (Phi) is 8.05. The van der Waals surface area contributed by atoms with Gasteiger partial charge in [0.15, 0.2) is 0 Å². The number of ether oxygens (including phenoxy) is 3. The van der Waals surface area contributed by atoms with Crippen molar-refractivity contribution in [3.63, 3.8) is 0 Å². The number of carbonyl (C=O) groups excluding carboxylic acids is 3. The molecule has 0 aromatic heterocycles. The van der Waals surface area contributed by atoms with Gasteiger partial charge in [-0.15, -0.1) is 0 Å². The van der Waals surface area contributed by atoms with Crippen LogP contribution in [-0.2, 0) is 28.6 Å². The number of aliphatic hydroxyl groups is 1. The Balaban J connectivity index is 5.11. The van der Waals surface area contributed by atoms with Crippen molar-refractivity contribution in [3.05, 3.63) is 0 Å². The average Bonchev–Trinajstić information content (AvgIpc) is 2.51. The van der Waals surface area contributed by atoms with Crippen LogP contribution in [0.1, 0.15) is 47.0 Å². The fourth-order valence-electron chi connectivity index (χ4n) is 2.06. The Labute approximate surface area is 142 Å². The fraction of sp³-hybridized carbons (Fsp3) is 0.750. The van der Waals surface area contributed by atoms with Crippen LogP contribution in [0.15, 0.2) is 0 Å². The molecule has 0 aliphatic rings. The highest BCUT2D eigenvalue weighted by atomic mass is 16.6. The molecule has 0 bridgehead atoms. The molecule has 0 aromatic rings. The first kappa shape index (κ1) is 22.0. The largest absolute Gasteiger partial charge is 0.466 e. The van der Waals surface area contributed by atoms with E-state index in [1.165, 1.54) is 0 Å². The zero-order valence-corrected chi connectivity index (χ0v) is 15.1. The standard InChI is InChI=1S/C16H27NO7/c1-7-10(11(17)12(18)24-15(2,3)4)8-9-16(21,13(19)22-5)14(20)23-6/h10,17,21H,7-9H2,1-6H3/t10-/m0/s1. The van der Waals surface area contributed by atoms with Crippen molar-refractivity contribution in [2.75, 3.05) is 14.2 Å². The predicted molar refractivity (Wildman–Crippen MR) is 85.6 cm³/mol. The van der Waals surface area contributed by atoms with Crippen LogP contribution in [-0.4, -0.2) is 54.1 Å². The summed E-state index contributed by atoms with van der Waals surface area (Å²) in [5, 5.41) is 18.2. The second kappa shape index (κ2) is 8.77. The third kappa shape index (κ3) is 5.92. The van der Waals surface area contributed by atoms with Crippen molar-refractivity contribution in [1.82, 2.24) is 0 Å². The third-order valence-electron chi connectivity index (χ3n) is 3.42. The Morgan fingerprint density at radius 2 is 1.54 bits per heavy atom. The highest BCUT2D eigenvalue weighted by Gasteiger charge is 2.47. The van der Waals surface area contributed by atoms with Gasteiger partial charge in [0.2, 0.25) is 0 Å². The van der Waals surface area contributed by atoms with Gasteiger partial charge >= 0.3 is 17.9 Å². The van der Waals surface area contributed by atoms with Gasteiger partial charge in [0.1, 0.15) is 11.3 Å². The molecular weight excluding hydrogens is 318 g/mol. The highest BCUT2D eigenvalue weighted by molar-refractivity contribution is 6.36. The minimum atomic E-state index is -2.47. The zero-order chi connectivity index (χ0) is 19.1. The van der Waals surface area contributed by atoms with E-state index in [9.17, 15) is 19.5 Å². The van der Waals surface area contributed by atoms with Crippen LogP contribution in [0.5, 0.6) is 0 Å². The summed E-state index contributed by atoms with van der Waals surface area (Å²) in [6.45, 7) is 6.81. The van der Waals surface area contributed by atoms with E-state index >= 15 is 0 Å². The Bertz CT molecular complexity index is 477. The maximum Gasteiger partial charge on any atom is 0.352 e. The van der Waals surface area contributed by atoms with Gasteiger partial charge < -0.3 is 19.3 Å². The summed E-state index contributed by atoms with van der Waals surface area (Å²) >= 11 is 0. The molecule has 0 aliphatic heterocycles. The molecule has 0 heterocycles. The summed E-state index contributed by atoms with van der Waals surface area (Å²) in [6, 6.07) is 0. The van der Waals surface area contributed by atoms with Crippen molar-refractivity contribution < 1.29 is 33.7 Å². The summed E-state index contributed by atoms with van der Waals surface area (Å²) in [5.74, 6) is -3.64. The van der Waals surface area contributed by atoms with Gasteiger partial charge in [-0.3, -0.25) is 5.41 Å². The molecule has 0 saturated heterocycles. The van der Waals surface area contributed by atoms with E-state index in [2.05, 4.69) is 9.47 Å². The van der Waals surface area contributed by atoms with Gasteiger partial charge in [-0.1, -0.05) is 6.92 Å². The van der Waals surface area contributed by atoms with Gasteiger partial charge in [0, 0.05) is 5.92 Å². The molecule has 0 radical (unpaired) electrons. The number of carbonyl (C=O) groups is 3. The molecule has 2 N–H and O–H groups in total. The van der Waals surface area contributed by atoms with Crippen LogP contribution >= 0.6 is 0 Å². The first-order chi connectivity index (χ1) is 10.9. The monoisotopic (exact) mass is 345 g/mol. The van der Waals surface area contributed by atoms with Crippen LogP contribution in [0.2, 0.25) is 0 Å². The lowest BCUT2D eigenvalue weighted by Gasteiger charge is -2.25. The summed E-state index contributed by atoms with van der Waals surface area (Å²) < 4.78 is 14.0. The number of rotatable bonds is 8. The molecule has 0 rings (SSSR count). The second-order valence-corrected chi connectivity index (χ2v) is 6.40. The molecule has 0 fully saturated rings. The molecule has 8 heteroatoms. The number of hydrogen-bond donors (Lipinski definition) is 2. The Morgan fingerprint density at radius 3 is 1.88 bits per heavy atom. The van der Waals surface area contributed by atoms with Gasteiger partial charge in [-0.2, -0.15) is 0 Å². The summed E-state index contributed by atoms with van der Waals surface area (Å²) in [5.41, 5.74) is -3.48. The van der Waals surface area contributed by atoms with Crippen LogP contribution in [0.25, 0.3) is 0 Å². The lowest BCUT2D eigenvalue weighted by molar-refractivity contribution is -0.181. The van der Waals surface area contributed by atoms with Crippen molar-refractivity contribution in [2.45, 2.75) is 58.2 Å². The number of esters is 3. The molecule has 1 atom stereocenters. The van der Waals surface area contributed by atoms with Crippen LogP contribution < -0.4 is 0 Å². The molecule has 8 nitrogen and oxygen atoms in total. The van der Waals surface area contributed by atoms with E-state index in [0.29, 0.717) is 6.42 Å². The summed E-state index contributed by atoms with van der Waals surface area (Å²) in [4.78, 5) is 35.4. The summed E-state index contributed by atoms with van der Waals surface area (Å²) in [6.07, 6.45) is 0.0990. The molecule has 0 unspecified atom stereocenters. The average molecular weight is 345 g/mol. The Morgan fingerprint density at radius 1 is 1.08 bits per heavy atom. The lowest BCUT2D eigenvalue weighted by Crippen LogP contribution is -2.48. The third-order valence-corrected chi connectivity index (χ3v) is 3.42. The quantitative estimate of drug-likeness (QED) is 0.293. The maximum atomic E-state index is 12.0. The first-order valence-corrected chi connectivity index (χ1v) is 7.63. The molecule has 24 heavy (non-hydrogen) atoms. The van der Waals surface area contributed by atoms with Gasteiger partial charge in [-0.25, -0.2) is 14.4 Å². The Hall–Kier alpha value is -1.96. The SMILES string of the molecule is CC[C@@H](CCC(O)(C(=O)OC)C(=O)OC)C(=N)C(=O)OC(C)(C)C. The predicted octanol–water partition coefficient (Wildman–Crippen LogP) is 1.23. The topological polar surface area (TPSA) is 123 Å². The van der Waals surface area contributed by atoms with Gasteiger partial charge in [0.05, 0.1) is 14.2 Å². The van der Waals surface area contributed by atoms with Crippen molar-refractivity contribution in [3.8, 4) is 0 Å². The number of hydrogen-bond acceptors (Lipinski definition) is 8. The second-order valence-electron chi connectivity index (χ2n) is 6.40. The van der Waals surface area contributed by atoms with Crippen LogP contribution in [0, 0.1) is 11.3 Å². The normalized spacial score (nSPS) is 13.0.